The lowest BCUT2D eigenvalue weighted by atomic mass is 10.2. The van der Waals surface area contributed by atoms with Gasteiger partial charge in [0, 0.05) is 24.6 Å². The summed E-state index contributed by atoms with van der Waals surface area (Å²) in [6.45, 7) is 5.57. The van der Waals surface area contributed by atoms with Gasteiger partial charge >= 0.3 is 0 Å². The van der Waals surface area contributed by atoms with Crippen molar-refractivity contribution in [1.82, 2.24) is 24.1 Å². The third-order valence-corrected chi connectivity index (χ3v) is 4.71. The Kier molecular flexibility index (Phi) is 3.59. The van der Waals surface area contributed by atoms with Crippen molar-refractivity contribution < 1.29 is 4.79 Å². The molecular formula is C18H21N5O. The van der Waals surface area contributed by atoms with Crippen LogP contribution in [0.15, 0.2) is 36.8 Å². The van der Waals surface area contributed by atoms with Gasteiger partial charge in [0.15, 0.2) is 0 Å². The Morgan fingerprint density at radius 1 is 1.29 bits per heavy atom. The van der Waals surface area contributed by atoms with Gasteiger partial charge in [-0.2, -0.15) is 5.10 Å². The quantitative estimate of drug-likeness (QED) is 0.744. The highest BCUT2D eigenvalue weighted by Gasteiger charge is 2.31. The van der Waals surface area contributed by atoms with E-state index in [9.17, 15) is 4.79 Å². The predicted molar refractivity (Wildman–Crippen MR) is 91.0 cm³/mol. The van der Waals surface area contributed by atoms with Gasteiger partial charge in [-0.15, -0.1) is 0 Å². The summed E-state index contributed by atoms with van der Waals surface area (Å²) in [5.41, 5.74) is 3.55. The summed E-state index contributed by atoms with van der Waals surface area (Å²) < 4.78 is 3.90. The normalized spacial score (nSPS) is 17.8. The van der Waals surface area contributed by atoms with Crippen molar-refractivity contribution in [1.29, 1.82) is 0 Å². The number of likely N-dealkylation sites (tertiary alicyclic amines) is 1. The van der Waals surface area contributed by atoms with Crippen LogP contribution in [0.4, 0.5) is 0 Å². The Balaban J connectivity index is 1.58. The van der Waals surface area contributed by atoms with E-state index in [1.165, 1.54) is 0 Å². The van der Waals surface area contributed by atoms with Crippen molar-refractivity contribution in [2.75, 3.05) is 6.54 Å². The van der Waals surface area contributed by atoms with Crippen LogP contribution in [-0.2, 0) is 6.54 Å². The third-order valence-electron chi connectivity index (χ3n) is 4.71. The second kappa shape index (κ2) is 5.78. The average molecular weight is 323 g/mol. The number of pyridine rings is 1. The number of hydrogen-bond acceptors (Lipinski definition) is 3. The van der Waals surface area contributed by atoms with Crippen molar-refractivity contribution in [3.63, 3.8) is 0 Å². The molecule has 0 aliphatic carbocycles. The van der Waals surface area contributed by atoms with E-state index in [0.717, 1.165) is 42.8 Å². The fourth-order valence-corrected chi connectivity index (χ4v) is 3.47. The molecule has 1 fully saturated rings. The number of hydrogen-bond donors (Lipinski definition) is 0. The van der Waals surface area contributed by atoms with Crippen molar-refractivity contribution in [2.24, 2.45) is 0 Å². The van der Waals surface area contributed by atoms with Gasteiger partial charge in [0.05, 0.1) is 18.8 Å². The molecule has 3 aromatic heterocycles. The molecule has 1 aliphatic heterocycles. The van der Waals surface area contributed by atoms with Crippen molar-refractivity contribution in [2.45, 2.75) is 39.3 Å². The minimum atomic E-state index is 0.0180. The van der Waals surface area contributed by atoms with Gasteiger partial charge in [-0.3, -0.25) is 9.48 Å². The lowest BCUT2D eigenvalue weighted by Gasteiger charge is -2.23. The van der Waals surface area contributed by atoms with Gasteiger partial charge in [0.1, 0.15) is 11.3 Å². The first-order valence-corrected chi connectivity index (χ1v) is 8.36. The monoisotopic (exact) mass is 323 g/mol. The number of fused-ring (bicyclic) bond motifs is 1. The molecule has 0 aromatic carbocycles. The van der Waals surface area contributed by atoms with Crippen molar-refractivity contribution in [3.05, 3.63) is 53.7 Å². The lowest BCUT2D eigenvalue weighted by molar-refractivity contribution is 0.0716. The Morgan fingerprint density at radius 2 is 2.17 bits per heavy atom. The van der Waals surface area contributed by atoms with Crippen LogP contribution in [0.5, 0.6) is 0 Å². The molecule has 3 aromatic rings. The zero-order chi connectivity index (χ0) is 16.7. The first-order chi connectivity index (χ1) is 11.6. The van der Waals surface area contributed by atoms with E-state index in [1.807, 2.05) is 64.6 Å². The molecule has 124 valence electrons. The molecule has 0 N–H and O–H groups in total. The summed E-state index contributed by atoms with van der Waals surface area (Å²) >= 11 is 0. The van der Waals surface area contributed by atoms with Gasteiger partial charge in [-0.05, 0) is 44.4 Å². The molecule has 6 nitrogen and oxygen atoms in total. The number of imidazole rings is 1. The Morgan fingerprint density at radius 3 is 2.92 bits per heavy atom. The van der Waals surface area contributed by atoms with E-state index < -0.39 is 0 Å². The summed E-state index contributed by atoms with van der Waals surface area (Å²) in [4.78, 5) is 19.4. The fourth-order valence-electron chi connectivity index (χ4n) is 3.47. The first kappa shape index (κ1) is 14.9. The zero-order valence-corrected chi connectivity index (χ0v) is 14.0. The van der Waals surface area contributed by atoms with Gasteiger partial charge in [-0.1, -0.05) is 6.07 Å². The number of rotatable bonds is 3. The third kappa shape index (κ3) is 2.58. The van der Waals surface area contributed by atoms with E-state index >= 15 is 0 Å². The maximum Gasteiger partial charge on any atom is 0.274 e. The summed E-state index contributed by atoms with van der Waals surface area (Å²) in [7, 11) is 0. The molecule has 0 unspecified atom stereocenters. The van der Waals surface area contributed by atoms with E-state index in [1.54, 1.807) is 0 Å². The maximum absolute atomic E-state index is 13.0. The number of aryl methyl sites for hydroxylation is 2. The summed E-state index contributed by atoms with van der Waals surface area (Å²) in [5.74, 6) is 0.0180. The molecule has 1 atom stereocenters. The van der Waals surface area contributed by atoms with Crippen LogP contribution in [0.2, 0.25) is 0 Å². The highest BCUT2D eigenvalue weighted by Crippen LogP contribution is 2.22. The largest absolute Gasteiger partial charge is 0.332 e. The highest BCUT2D eigenvalue weighted by atomic mass is 16.2. The molecule has 0 spiro atoms. The van der Waals surface area contributed by atoms with Crippen LogP contribution in [0, 0.1) is 13.8 Å². The lowest BCUT2D eigenvalue weighted by Crippen LogP contribution is -2.38. The first-order valence-electron chi connectivity index (χ1n) is 8.36. The van der Waals surface area contributed by atoms with Crippen LogP contribution in [0.1, 0.15) is 34.6 Å². The van der Waals surface area contributed by atoms with E-state index in [2.05, 4.69) is 10.1 Å². The number of nitrogens with zero attached hydrogens (tertiary/aromatic N) is 5. The van der Waals surface area contributed by atoms with E-state index in [0.29, 0.717) is 5.69 Å². The fraction of sp³-hybridized carbons (Fsp3) is 0.389. The van der Waals surface area contributed by atoms with Gasteiger partial charge < -0.3 is 9.30 Å². The molecule has 1 saturated heterocycles. The minimum absolute atomic E-state index is 0.0180. The summed E-state index contributed by atoms with van der Waals surface area (Å²) in [6, 6.07) is 6.09. The Bertz CT molecular complexity index is 894. The number of carbonyl (C=O) groups is 1. The second-order valence-electron chi connectivity index (χ2n) is 6.56. The summed E-state index contributed by atoms with van der Waals surface area (Å²) in [6.07, 6.45) is 7.77. The van der Waals surface area contributed by atoms with Crippen LogP contribution in [0.3, 0.4) is 0 Å². The Hall–Kier alpha value is -2.63. The molecule has 4 rings (SSSR count). The molecule has 1 amide bonds. The molecule has 0 bridgehead atoms. The van der Waals surface area contributed by atoms with Crippen LogP contribution in [-0.4, -0.2) is 42.6 Å². The molecule has 0 saturated carbocycles. The van der Waals surface area contributed by atoms with Crippen LogP contribution >= 0.6 is 0 Å². The molecule has 0 radical (unpaired) electrons. The average Bonchev–Trinajstić information content (AvgIpc) is 3.27. The topological polar surface area (TPSA) is 55.4 Å². The predicted octanol–water partition coefficient (Wildman–Crippen LogP) is 2.45. The van der Waals surface area contributed by atoms with Crippen LogP contribution in [0.25, 0.3) is 5.65 Å². The van der Waals surface area contributed by atoms with Crippen molar-refractivity contribution in [3.8, 4) is 0 Å². The molecular weight excluding hydrogens is 302 g/mol. The number of aromatic nitrogens is 4. The highest BCUT2D eigenvalue weighted by molar-refractivity contribution is 5.93. The number of amides is 1. The van der Waals surface area contributed by atoms with E-state index in [-0.39, 0.29) is 11.9 Å². The van der Waals surface area contributed by atoms with E-state index in [4.69, 9.17) is 0 Å². The van der Waals surface area contributed by atoms with Crippen LogP contribution < -0.4 is 0 Å². The minimum Gasteiger partial charge on any atom is -0.332 e. The molecule has 1 aliphatic rings. The van der Waals surface area contributed by atoms with Gasteiger partial charge in [0.25, 0.3) is 5.91 Å². The summed E-state index contributed by atoms with van der Waals surface area (Å²) in [5, 5.41) is 4.35. The molecule has 24 heavy (non-hydrogen) atoms. The van der Waals surface area contributed by atoms with Gasteiger partial charge in [-0.25, -0.2) is 4.98 Å². The second-order valence-corrected chi connectivity index (χ2v) is 6.56. The van der Waals surface area contributed by atoms with Crippen molar-refractivity contribution >= 4 is 11.6 Å². The smallest absolute Gasteiger partial charge is 0.274 e. The SMILES string of the molecule is Cc1cnn(C[C@@H]2CCCN2C(=O)c2cn3c(C)cccc3n2)c1. The zero-order valence-electron chi connectivity index (χ0n) is 14.0. The molecule has 6 heteroatoms. The van der Waals surface area contributed by atoms with Gasteiger partial charge in [0.2, 0.25) is 0 Å². The molecule has 4 heterocycles. The Labute approximate surface area is 140 Å². The standard InChI is InChI=1S/C18H21N5O/c1-13-9-19-21(10-13)11-15-6-4-8-22(15)18(24)16-12-23-14(2)5-3-7-17(23)20-16/h3,5,7,9-10,12,15H,4,6,8,11H2,1-2H3/t15-/m0/s1. The number of carbonyl (C=O) groups excluding carboxylic acids is 1. The maximum atomic E-state index is 13.0.